The van der Waals surface area contributed by atoms with Gasteiger partial charge in [-0.05, 0) is 23.8 Å². The molecule has 1 aliphatic heterocycles. The van der Waals surface area contributed by atoms with Gasteiger partial charge >= 0.3 is 0 Å². The number of carbonyl (C=O) groups is 1. The van der Waals surface area contributed by atoms with Crippen LogP contribution in [0, 0.1) is 0 Å². The zero-order valence-corrected chi connectivity index (χ0v) is 12.7. The fraction of sp³-hybridized carbons (Fsp3) is 0.294. The van der Waals surface area contributed by atoms with Crippen molar-refractivity contribution in [1.29, 1.82) is 0 Å². The molecule has 5 heteroatoms. The van der Waals surface area contributed by atoms with Crippen molar-refractivity contribution in [3.63, 3.8) is 0 Å². The van der Waals surface area contributed by atoms with Gasteiger partial charge in [0, 0.05) is 26.7 Å². The lowest BCUT2D eigenvalue weighted by Gasteiger charge is -2.13. The molecule has 1 N–H and O–H groups in total. The van der Waals surface area contributed by atoms with E-state index >= 15 is 0 Å². The van der Waals surface area contributed by atoms with E-state index in [0.717, 1.165) is 18.0 Å². The molecule has 0 aliphatic carbocycles. The summed E-state index contributed by atoms with van der Waals surface area (Å²) in [4.78, 5) is 18.3. The molecule has 1 aliphatic rings. The number of nitrogens with zero attached hydrogens (tertiary/aromatic N) is 2. The zero-order valence-electron chi connectivity index (χ0n) is 12.7. The molecule has 0 saturated heterocycles. The number of hydrogen-bond acceptors (Lipinski definition) is 4. The number of para-hydroxylation sites is 1. The Hall–Kier alpha value is -2.56. The molecule has 1 aromatic heterocycles. The van der Waals surface area contributed by atoms with Crippen LogP contribution in [0.1, 0.15) is 15.9 Å². The molecular weight excluding hydrogens is 278 g/mol. The van der Waals surface area contributed by atoms with E-state index in [9.17, 15) is 4.79 Å². The second-order valence-electron chi connectivity index (χ2n) is 5.56. The maximum absolute atomic E-state index is 12.1. The molecule has 2 heterocycles. The van der Waals surface area contributed by atoms with Crippen LogP contribution in [0.3, 0.4) is 0 Å². The summed E-state index contributed by atoms with van der Waals surface area (Å²) in [6.45, 7) is 0.489. The van der Waals surface area contributed by atoms with Crippen molar-refractivity contribution >= 4 is 11.7 Å². The number of carbonyl (C=O) groups excluding carboxylic acids is 1. The van der Waals surface area contributed by atoms with Crippen molar-refractivity contribution in [2.45, 2.75) is 12.5 Å². The Kier molecular flexibility index (Phi) is 3.96. The molecule has 5 nitrogen and oxygen atoms in total. The van der Waals surface area contributed by atoms with E-state index in [1.165, 1.54) is 5.56 Å². The molecule has 3 rings (SSSR count). The van der Waals surface area contributed by atoms with Gasteiger partial charge in [-0.3, -0.25) is 4.79 Å². The van der Waals surface area contributed by atoms with Crippen LogP contribution in [0.5, 0.6) is 5.75 Å². The van der Waals surface area contributed by atoms with E-state index in [0.29, 0.717) is 12.1 Å². The first-order valence-corrected chi connectivity index (χ1v) is 7.29. The number of amides is 1. The van der Waals surface area contributed by atoms with Crippen LogP contribution < -0.4 is 15.0 Å². The highest BCUT2D eigenvalue weighted by Crippen LogP contribution is 2.27. The Morgan fingerprint density at radius 2 is 2.14 bits per heavy atom. The predicted molar refractivity (Wildman–Crippen MR) is 85.5 cm³/mol. The lowest BCUT2D eigenvalue weighted by atomic mass is 10.1. The number of anilines is 1. The predicted octanol–water partition coefficient (Wildman–Crippen LogP) is 1.88. The number of fused-ring (bicyclic) bond motifs is 1. The third kappa shape index (κ3) is 3.03. The number of rotatable bonds is 4. The fourth-order valence-electron chi connectivity index (χ4n) is 2.46. The minimum Gasteiger partial charge on any atom is -0.488 e. The first kappa shape index (κ1) is 14.4. The first-order valence-electron chi connectivity index (χ1n) is 7.29. The normalized spacial score (nSPS) is 15.8. The molecule has 1 unspecified atom stereocenters. The molecule has 0 bridgehead atoms. The van der Waals surface area contributed by atoms with Gasteiger partial charge in [0.15, 0.2) is 0 Å². The van der Waals surface area contributed by atoms with Gasteiger partial charge in [-0.15, -0.1) is 0 Å². The molecule has 1 atom stereocenters. The number of pyridine rings is 1. The maximum Gasteiger partial charge on any atom is 0.252 e. The molecule has 1 amide bonds. The van der Waals surface area contributed by atoms with Crippen molar-refractivity contribution in [3.8, 4) is 5.75 Å². The van der Waals surface area contributed by atoms with Gasteiger partial charge < -0.3 is 15.0 Å². The van der Waals surface area contributed by atoms with Gasteiger partial charge in [-0.2, -0.15) is 0 Å². The highest BCUT2D eigenvalue weighted by atomic mass is 16.5. The molecule has 0 saturated carbocycles. The standard InChI is InChI=1S/C17H19N3O2/c1-20(2)16-8-7-13(10-18-16)17(21)19-11-14-9-12-5-3-4-6-15(12)22-14/h3-8,10,14H,9,11H2,1-2H3,(H,19,21). The molecule has 0 spiro atoms. The van der Waals surface area contributed by atoms with Crippen LogP contribution in [-0.4, -0.2) is 37.6 Å². The van der Waals surface area contributed by atoms with Gasteiger partial charge in [0.05, 0.1) is 12.1 Å². The third-order valence-corrected chi connectivity index (χ3v) is 3.67. The van der Waals surface area contributed by atoms with Crippen LogP contribution in [-0.2, 0) is 6.42 Å². The van der Waals surface area contributed by atoms with E-state index in [2.05, 4.69) is 16.4 Å². The van der Waals surface area contributed by atoms with E-state index < -0.39 is 0 Å². The number of ether oxygens (including phenoxy) is 1. The average Bonchev–Trinajstić information content (AvgIpc) is 2.95. The van der Waals surface area contributed by atoms with Gasteiger partial charge in [-0.1, -0.05) is 18.2 Å². The molecule has 114 valence electrons. The van der Waals surface area contributed by atoms with Gasteiger partial charge in [-0.25, -0.2) is 4.98 Å². The van der Waals surface area contributed by atoms with Crippen molar-refractivity contribution in [2.75, 3.05) is 25.5 Å². The SMILES string of the molecule is CN(C)c1ccc(C(=O)NCC2Cc3ccccc3O2)cn1. The summed E-state index contributed by atoms with van der Waals surface area (Å²) in [5.74, 6) is 1.61. The monoisotopic (exact) mass is 297 g/mol. The molecule has 22 heavy (non-hydrogen) atoms. The topological polar surface area (TPSA) is 54.5 Å². The van der Waals surface area contributed by atoms with E-state index in [1.54, 1.807) is 12.3 Å². The molecule has 1 aromatic carbocycles. The highest BCUT2D eigenvalue weighted by molar-refractivity contribution is 5.94. The minimum absolute atomic E-state index is 0.00430. The molecule has 2 aromatic rings. The second kappa shape index (κ2) is 6.05. The average molecular weight is 297 g/mol. The number of aromatic nitrogens is 1. The summed E-state index contributed by atoms with van der Waals surface area (Å²) >= 11 is 0. The highest BCUT2D eigenvalue weighted by Gasteiger charge is 2.22. The van der Waals surface area contributed by atoms with Crippen molar-refractivity contribution in [1.82, 2.24) is 10.3 Å². The van der Waals surface area contributed by atoms with Crippen LogP contribution in [0.15, 0.2) is 42.6 Å². The maximum atomic E-state index is 12.1. The minimum atomic E-state index is -0.127. The van der Waals surface area contributed by atoms with E-state index in [-0.39, 0.29) is 12.0 Å². The fourth-order valence-corrected chi connectivity index (χ4v) is 2.46. The summed E-state index contributed by atoms with van der Waals surface area (Å²) in [5.41, 5.74) is 1.75. The zero-order chi connectivity index (χ0) is 15.5. The summed E-state index contributed by atoms with van der Waals surface area (Å²) < 4.78 is 5.81. The Labute approximate surface area is 129 Å². The molecule has 0 radical (unpaired) electrons. The summed E-state index contributed by atoms with van der Waals surface area (Å²) in [5, 5.41) is 2.91. The van der Waals surface area contributed by atoms with Crippen LogP contribution in [0.25, 0.3) is 0 Å². The third-order valence-electron chi connectivity index (χ3n) is 3.67. The first-order chi connectivity index (χ1) is 10.6. The number of benzene rings is 1. The lowest BCUT2D eigenvalue weighted by Crippen LogP contribution is -2.34. The van der Waals surface area contributed by atoms with Gasteiger partial charge in [0.25, 0.3) is 5.91 Å². The van der Waals surface area contributed by atoms with Crippen molar-refractivity contribution in [2.24, 2.45) is 0 Å². The Morgan fingerprint density at radius 3 is 2.82 bits per heavy atom. The summed E-state index contributed by atoms with van der Waals surface area (Å²) in [7, 11) is 3.83. The van der Waals surface area contributed by atoms with Gasteiger partial charge in [0.1, 0.15) is 17.7 Å². The van der Waals surface area contributed by atoms with Crippen molar-refractivity contribution < 1.29 is 9.53 Å². The van der Waals surface area contributed by atoms with Crippen LogP contribution >= 0.6 is 0 Å². The molecule has 0 fully saturated rings. The Balaban J connectivity index is 1.55. The Bertz CT molecular complexity index is 643. The molecular formula is C17H19N3O2. The lowest BCUT2D eigenvalue weighted by molar-refractivity contribution is 0.0933. The van der Waals surface area contributed by atoms with Gasteiger partial charge in [0.2, 0.25) is 0 Å². The summed E-state index contributed by atoms with van der Waals surface area (Å²) in [6, 6.07) is 11.6. The number of nitrogens with one attached hydrogen (secondary N) is 1. The van der Waals surface area contributed by atoms with E-state index in [4.69, 9.17) is 4.74 Å². The smallest absolute Gasteiger partial charge is 0.252 e. The summed E-state index contributed by atoms with van der Waals surface area (Å²) in [6.07, 6.45) is 2.42. The Morgan fingerprint density at radius 1 is 1.32 bits per heavy atom. The van der Waals surface area contributed by atoms with Crippen molar-refractivity contribution in [3.05, 3.63) is 53.7 Å². The quantitative estimate of drug-likeness (QED) is 0.936. The largest absolute Gasteiger partial charge is 0.488 e. The van der Waals surface area contributed by atoms with Crippen LogP contribution in [0.2, 0.25) is 0 Å². The number of hydrogen-bond donors (Lipinski definition) is 1. The van der Waals surface area contributed by atoms with Crippen LogP contribution in [0.4, 0.5) is 5.82 Å². The second-order valence-corrected chi connectivity index (χ2v) is 5.56. The van der Waals surface area contributed by atoms with E-state index in [1.807, 2.05) is 43.3 Å².